The number of hydrogen-bond donors (Lipinski definition) is 4. The molecule has 0 unspecified atom stereocenters. The third-order valence-corrected chi connectivity index (χ3v) is 7.01. The molecule has 0 aliphatic heterocycles. The van der Waals surface area contributed by atoms with E-state index >= 15 is 0 Å². The van der Waals surface area contributed by atoms with E-state index in [9.17, 15) is 8.42 Å². The predicted molar refractivity (Wildman–Crippen MR) is 134 cm³/mol. The zero-order chi connectivity index (χ0) is 24.4. The zero-order valence-electron chi connectivity index (χ0n) is 18.8. The Balaban J connectivity index is 1.34. The molecule has 3 rings (SSSR count). The van der Waals surface area contributed by atoms with Crippen LogP contribution in [0, 0.1) is 5.41 Å². The Labute approximate surface area is 203 Å². The number of rotatable bonds is 13. The lowest BCUT2D eigenvalue weighted by atomic mass is 10.2. The summed E-state index contributed by atoms with van der Waals surface area (Å²) in [5.74, 6) is 1.44. The molecule has 34 heavy (non-hydrogen) atoms. The summed E-state index contributed by atoms with van der Waals surface area (Å²) in [6, 6.07) is 14.5. The lowest BCUT2D eigenvalue weighted by molar-refractivity contribution is 0.234. The van der Waals surface area contributed by atoms with Gasteiger partial charge in [-0.2, -0.15) is 0 Å². The van der Waals surface area contributed by atoms with Crippen LogP contribution in [0.15, 0.2) is 53.9 Å². The Morgan fingerprint density at radius 2 is 1.59 bits per heavy atom. The van der Waals surface area contributed by atoms with Crippen molar-refractivity contribution in [3.8, 4) is 22.8 Å². The van der Waals surface area contributed by atoms with Gasteiger partial charge in [0.2, 0.25) is 10.0 Å². The minimum atomic E-state index is -3.33. The molecule has 0 aliphatic rings. The van der Waals surface area contributed by atoms with E-state index < -0.39 is 10.0 Å². The van der Waals surface area contributed by atoms with Gasteiger partial charge < -0.3 is 9.47 Å². The van der Waals surface area contributed by atoms with E-state index in [4.69, 9.17) is 20.1 Å². The van der Waals surface area contributed by atoms with E-state index in [0.717, 1.165) is 36.3 Å². The normalized spacial score (nSPS) is 11.1. The van der Waals surface area contributed by atoms with Gasteiger partial charge in [0, 0.05) is 16.5 Å². The van der Waals surface area contributed by atoms with Crippen LogP contribution in [0.4, 0.5) is 5.13 Å². The maximum Gasteiger partial charge on any atom is 0.234 e. The molecule has 0 saturated carbocycles. The highest BCUT2D eigenvalue weighted by Crippen LogP contribution is 2.27. The number of sulfonamides is 1. The van der Waals surface area contributed by atoms with Gasteiger partial charge in [-0.3, -0.25) is 20.8 Å². The topological polar surface area (TPSA) is 134 Å². The number of nitrogens with zero attached hydrogens (tertiary/aromatic N) is 1. The number of amidine groups is 1. The Bertz CT molecular complexity index is 1160. The van der Waals surface area contributed by atoms with Gasteiger partial charge in [0.15, 0.2) is 5.13 Å². The summed E-state index contributed by atoms with van der Waals surface area (Å²) in [4.78, 5) is 4.34. The van der Waals surface area contributed by atoms with Crippen LogP contribution in [0.1, 0.15) is 31.7 Å². The molecule has 11 heteroatoms. The minimum absolute atomic E-state index is 0.00592. The first kappa shape index (κ1) is 25.5. The summed E-state index contributed by atoms with van der Waals surface area (Å²) in [5.41, 5.74) is 3.99. The molecule has 182 valence electrons. The summed E-state index contributed by atoms with van der Waals surface area (Å²) >= 11 is 1.25. The van der Waals surface area contributed by atoms with Crippen LogP contribution in [0.5, 0.6) is 11.5 Å². The predicted octanol–water partition coefficient (Wildman–Crippen LogP) is 4.50. The molecule has 0 bridgehead atoms. The van der Waals surface area contributed by atoms with Crippen molar-refractivity contribution in [1.82, 2.24) is 10.5 Å². The van der Waals surface area contributed by atoms with E-state index in [-0.39, 0.29) is 11.6 Å². The van der Waals surface area contributed by atoms with Crippen molar-refractivity contribution in [3.63, 3.8) is 0 Å². The molecule has 0 radical (unpaired) electrons. The first-order chi connectivity index (χ1) is 16.4. The number of hydroxylamine groups is 1. The zero-order valence-corrected chi connectivity index (χ0v) is 20.4. The number of ether oxygens (including phenoxy) is 2. The van der Waals surface area contributed by atoms with Gasteiger partial charge in [-0.1, -0.05) is 0 Å². The number of nitrogens with one attached hydrogen (secondary N) is 3. The Morgan fingerprint density at radius 3 is 2.15 bits per heavy atom. The monoisotopic (exact) mass is 504 g/mol. The standard InChI is InChI=1S/C23H28N4O5S2/c1-2-34(29,30)27-23-25-21(16-33-23)17-6-10-19(11-7-17)31-14-4-3-5-15-32-20-12-8-18(9-13-20)22(24)26-28/h6-13,16,28H,2-5,14-15H2,1H3,(H2,24,26)(H,25,27). The molecule has 1 heterocycles. The second kappa shape index (κ2) is 12.4. The van der Waals surface area contributed by atoms with Crippen molar-refractivity contribution in [2.75, 3.05) is 23.7 Å². The van der Waals surface area contributed by atoms with Gasteiger partial charge >= 0.3 is 0 Å². The fraction of sp³-hybridized carbons (Fsp3) is 0.304. The number of unbranched alkanes of at least 4 members (excludes halogenated alkanes) is 2. The lowest BCUT2D eigenvalue weighted by Gasteiger charge is -2.09. The average Bonchev–Trinajstić information content (AvgIpc) is 3.31. The largest absolute Gasteiger partial charge is 0.494 e. The molecule has 3 aromatic rings. The molecule has 4 N–H and O–H groups in total. The Kier molecular flexibility index (Phi) is 9.25. The highest BCUT2D eigenvalue weighted by Gasteiger charge is 2.11. The van der Waals surface area contributed by atoms with Gasteiger partial charge in [-0.05, 0) is 74.7 Å². The smallest absolute Gasteiger partial charge is 0.234 e. The summed E-state index contributed by atoms with van der Waals surface area (Å²) in [6.45, 7) is 2.77. The summed E-state index contributed by atoms with van der Waals surface area (Å²) in [6.07, 6.45) is 2.76. The first-order valence-electron chi connectivity index (χ1n) is 10.8. The number of benzene rings is 2. The molecule has 0 amide bonds. The van der Waals surface area contributed by atoms with E-state index in [1.807, 2.05) is 35.1 Å². The lowest BCUT2D eigenvalue weighted by Crippen LogP contribution is -2.18. The molecule has 0 spiro atoms. The molecule has 9 nitrogen and oxygen atoms in total. The fourth-order valence-electron chi connectivity index (χ4n) is 2.92. The van der Waals surface area contributed by atoms with Crippen molar-refractivity contribution >= 4 is 32.3 Å². The summed E-state index contributed by atoms with van der Waals surface area (Å²) < 4.78 is 37.3. The average molecular weight is 505 g/mol. The molecular weight excluding hydrogens is 476 g/mol. The van der Waals surface area contributed by atoms with Crippen molar-refractivity contribution in [2.24, 2.45) is 0 Å². The molecular formula is C23H28N4O5S2. The van der Waals surface area contributed by atoms with Gasteiger partial charge in [-0.15, -0.1) is 11.3 Å². The number of hydrogen-bond acceptors (Lipinski definition) is 8. The van der Waals surface area contributed by atoms with Crippen LogP contribution >= 0.6 is 11.3 Å². The van der Waals surface area contributed by atoms with Gasteiger partial charge in [0.25, 0.3) is 0 Å². The third-order valence-electron chi connectivity index (χ3n) is 4.86. The van der Waals surface area contributed by atoms with Crippen molar-refractivity contribution in [1.29, 1.82) is 5.41 Å². The van der Waals surface area contributed by atoms with Gasteiger partial charge in [0.1, 0.15) is 17.3 Å². The quantitative estimate of drug-likeness (QED) is 0.116. The third kappa shape index (κ3) is 7.72. The van der Waals surface area contributed by atoms with E-state index in [1.165, 1.54) is 11.3 Å². The number of thiazole rings is 1. The molecule has 0 saturated heterocycles. The molecule has 1 aromatic heterocycles. The Morgan fingerprint density at radius 1 is 1.00 bits per heavy atom. The molecule has 0 atom stereocenters. The van der Waals surface area contributed by atoms with Crippen molar-refractivity contribution in [2.45, 2.75) is 26.2 Å². The first-order valence-corrected chi connectivity index (χ1v) is 13.3. The van der Waals surface area contributed by atoms with E-state index in [2.05, 4.69) is 9.71 Å². The van der Waals surface area contributed by atoms with Crippen LogP contribution < -0.4 is 19.7 Å². The second-order valence-electron chi connectivity index (χ2n) is 7.34. The number of aromatic nitrogens is 1. The maximum atomic E-state index is 11.7. The van der Waals surface area contributed by atoms with E-state index in [1.54, 1.807) is 31.2 Å². The highest BCUT2D eigenvalue weighted by atomic mass is 32.2. The van der Waals surface area contributed by atoms with Crippen LogP contribution in [0.2, 0.25) is 0 Å². The molecule has 0 fully saturated rings. The van der Waals surface area contributed by atoms with E-state index in [0.29, 0.717) is 29.6 Å². The summed E-state index contributed by atoms with van der Waals surface area (Å²) in [5, 5.41) is 18.4. The van der Waals surface area contributed by atoms with Crippen LogP contribution in [-0.4, -0.2) is 43.4 Å². The van der Waals surface area contributed by atoms with Crippen molar-refractivity contribution in [3.05, 3.63) is 59.5 Å². The van der Waals surface area contributed by atoms with Crippen molar-refractivity contribution < 1.29 is 23.1 Å². The number of anilines is 1. The minimum Gasteiger partial charge on any atom is -0.494 e. The maximum absolute atomic E-state index is 11.7. The summed E-state index contributed by atoms with van der Waals surface area (Å²) in [7, 11) is -3.33. The second-order valence-corrected chi connectivity index (χ2v) is 10.2. The van der Waals surface area contributed by atoms with Crippen LogP contribution in [0.25, 0.3) is 11.3 Å². The van der Waals surface area contributed by atoms with Crippen LogP contribution in [-0.2, 0) is 10.0 Å². The molecule has 0 aliphatic carbocycles. The van der Waals surface area contributed by atoms with Crippen LogP contribution in [0.3, 0.4) is 0 Å². The van der Waals surface area contributed by atoms with Gasteiger partial charge in [-0.25, -0.2) is 13.4 Å². The fourth-order valence-corrected chi connectivity index (χ4v) is 4.52. The highest BCUT2D eigenvalue weighted by molar-refractivity contribution is 7.92. The Hall–Kier alpha value is -3.15. The SMILES string of the molecule is CCS(=O)(=O)Nc1nc(-c2ccc(OCCCCCOc3ccc(C(=N)NO)cc3)cc2)cs1. The van der Waals surface area contributed by atoms with Gasteiger partial charge in [0.05, 0.1) is 24.7 Å². The molecule has 2 aromatic carbocycles.